The summed E-state index contributed by atoms with van der Waals surface area (Å²) in [6, 6.07) is 0. The van der Waals surface area contributed by atoms with Crippen LogP contribution in [0.3, 0.4) is 0 Å². The van der Waals surface area contributed by atoms with Gasteiger partial charge in [-0.1, -0.05) is 27.7 Å². The van der Waals surface area contributed by atoms with E-state index in [-0.39, 0.29) is 0 Å². The van der Waals surface area contributed by atoms with Crippen molar-refractivity contribution in [3.63, 3.8) is 0 Å². The molecule has 0 amide bonds. The van der Waals surface area contributed by atoms with Crippen LogP contribution >= 0.6 is 0 Å². The summed E-state index contributed by atoms with van der Waals surface area (Å²) in [6.07, 6.45) is 1.15. The molecule has 14 heavy (non-hydrogen) atoms. The number of hydrogen-bond donors (Lipinski definition) is 0. The number of hydrogen-bond acceptors (Lipinski definition) is 2. The standard InChI is InChI=1S/C12H27NO/c1-6-13(7-2)11-12(4,5)9-10-14-8-3/h6-11H2,1-5H3. The van der Waals surface area contributed by atoms with E-state index in [0.717, 1.165) is 32.7 Å². The lowest BCUT2D eigenvalue weighted by molar-refractivity contribution is 0.0952. The third kappa shape index (κ3) is 6.39. The first-order chi connectivity index (χ1) is 6.55. The van der Waals surface area contributed by atoms with Crippen LogP contribution in [0.1, 0.15) is 41.0 Å². The molecule has 2 heteroatoms. The first kappa shape index (κ1) is 13.9. The van der Waals surface area contributed by atoms with Crippen LogP contribution in [0, 0.1) is 5.41 Å². The second-order valence-corrected chi connectivity index (χ2v) is 4.57. The highest BCUT2D eigenvalue weighted by molar-refractivity contribution is 4.72. The van der Waals surface area contributed by atoms with Crippen LogP contribution in [-0.4, -0.2) is 37.7 Å². The average molecular weight is 201 g/mol. The van der Waals surface area contributed by atoms with Gasteiger partial charge in [-0.05, 0) is 31.8 Å². The first-order valence-corrected chi connectivity index (χ1v) is 5.85. The summed E-state index contributed by atoms with van der Waals surface area (Å²) in [6.45, 7) is 16.3. The molecular weight excluding hydrogens is 174 g/mol. The highest BCUT2D eigenvalue weighted by atomic mass is 16.5. The van der Waals surface area contributed by atoms with Gasteiger partial charge in [0.25, 0.3) is 0 Å². The fourth-order valence-corrected chi connectivity index (χ4v) is 1.62. The van der Waals surface area contributed by atoms with E-state index in [0.29, 0.717) is 5.41 Å². The molecule has 0 rings (SSSR count). The minimum Gasteiger partial charge on any atom is -0.382 e. The molecule has 0 heterocycles. The summed E-state index contributed by atoms with van der Waals surface area (Å²) >= 11 is 0. The van der Waals surface area contributed by atoms with Crippen molar-refractivity contribution in [2.75, 3.05) is 32.8 Å². The molecule has 0 unspecified atom stereocenters. The number of nitrogens with zero attached hydrogens (tertiary/aromatic N) is 1. The maximum atomic E-state index is 5.40. The Kier molecular flexibility index (Phi) is 7.20. The van der Waals surface area contributed by atoms with Crippen molar-refractivity contribution in [3.8, 4) is 0 Å². The summed E-state index contributed by atoms with van der Waals surface area (Å²) in [5.41, 5.74) is 0.376. The molecule has 0 fully saturated rings. The average Bonchev–Trinajstić information content (AvgIpc) is 2.14. The molecule has 0 saturated carbocycles. The molecule has 0 bridgehead atoms. The van der Waals surface area contributed by atoms with Crippen molar-refractivity contribution >= 4 is 0 Å². The van der Waals surface area contributed by atoms with E-state index in [1.54, 1.807) is 0 Å². The third-order valence-corrected chi connectivity index (χ3v) is 2.67. The van der Waals surface area contributed by atoms with Gasteiger partial charge >= 0.3 is 0 Å². The van der Waals surface area contributed by atoms with Crippen molar-refractivity contribution in [2.24, 2.45) is 5.41 Å². The Morgan fingerprint density at radius 2 is 1.64 bits per heavy atom. The van der Waals surface area contributed by atoms with Gasteiger partial charge in [0.05, 0.1) is 0 Å². The van der Waals surface area contributed by atoms with Gasteiger partial charge < -0.3 is 9.64 Å². The molecular formula is C12H27NO. The molecule has 0 atom stereocenters. The Labute approximate surface area is 89.6 Å². The van der Waals surface area contributed by atoms with E-state index in [2.05, 4.69) is 39.5 Å². The maximum Gasteiger partial charge on any atom is 0.0471 e. The van der Waals surface area contributed by atoms with Gasteiger partial charge in [-0.25, -0.2) is 0 Å². The smallest absolute Gasteiger partial charge is 0.0471 e. The minimum atomic E-state index is 0.376. The van der Waals surface area contributed by atoms with E-state index in [1.807, 2.05) is 0 Å². The van der Waals surface area contributed by atoms with Gasteiger partial charge in [0.15, 0.2) is 0 Å². The third-order valence-electron chi connectivity index (χ3n) is 2.67. The zero-order valence-corrected chi connectivity index (χ0v) is 10.6. The summed E-state index contributed by atoms with van der Waals surface area (Å²) in [4.78, 5) is 2.48. The predicted molar refractivity (Wildman–Crippen MR) is 62.7 cm³/mol. The quantitative estimate of drug-likeness (QED) is 0.560. The lowest BCUT2D eigenvalue weighted by Crippen LogP contribution is -2.34. The van der Waals surface area contributed by atoms with Crippen molar-refractivity contribution in [1.29, 1.82) is 0 Å². The minimum absolute atomic E-state index is 0.376. The molecule has 0 spiro atoms. The van der Waals surface area contributed by atoms with Gasteiger partial charge in [-0.3, -0.25) is 0 Å². The van der Waals surface area contributed by atoms with Crippen LogP contribution in [0.25, 0.3) is 0 Å². The van der Waals surface area contributed by atoms with E-state index >= 15 is 0 Å². The van der Waals surface area contributed by atoms with Gasteiger partial charge in [-0.15, -0.1) is 0 Å². The summed E-state index contributed by atoms with van der Waals surface area (Å²) in [5, 5.41) is 0. The lowest BCUT2D eigenvalue weighted by Gasteiger charge is -2.31. The maximum absolute atomic E-state index is 5.40. The Morgan fingerprint density at radius 3 is 2.07 bits per heavy atom. The second kappa shape index (κ2) is 7.24. The molecule has 0 aliphatic rings. The number of ether oxygens (including phenoxy) is 1. The summed E-state index contributed by atoms with van der Waals surface area (Å²) in [5.74, 6) is 0. The van der Waals surface area contributed by atoms with Gasteiger partial charge in [-0.2, -0.15) is 0 Å². The van der Waals surface area contributed by atoms with E-state index < -0.39 is 0 Å². The highest BCUT2D eigenvalue weighted by Crippen LogP contribution is 2.21. The molecule has 2 nitrogen and oxygen atoms in total. The van der Waals surface area contributed by atoms with Crippen molar-refractivity contribution < 1.29 is 4.74 Å². The fraction of sp³-hybridized carbons (Fsp3) is 1.00. The van der Waals surface area contributed by atoms with E-state index in [4.69, 9.17) is 4.74 Å². The Bertz CT molecular complexity index is 130. The van der Waals surface area contributed by atoms with Gasteiger partial charge in [0.2, 0.25) is 0 Å². The fourth-order valence-electron chi connectivity index (χ4n) is 1.62. The van der Waals surface area contributed by atoms with Crippen LogP contribution in [0.2, 0.25) is 0 Å². The zero-order valence-electron chi connectivity index (χ0n) is 10.6. The van der Waals surface area contributed by atoms with E-state index in [1.165, 1.54) is 6.54 Å². The van der Waals surface area contributed by atoms with Crippen LogP contribution in [0.15, 0.2) is 0 Å². The molecule has 0 aromatic rings. The van der Waals surface area contributed by atoms with Crippen LogP contribution in [-0.2, 0) is 4.74 Å². The lowest BCUT2D eigenvalue weighted by atomic mass is 9.89. The van der Waals surface area contributed by atoms with Gasteiger partial charge in [0.1, 0.15) is 0 Å². The van der Waals surface area contributed by atoms with E-state index in [9.17, 15) is 0 Å². The first-order valence-electron chi connectivity index (χ1n) is 5.85. The number of rotatable bonds is 8. The molecule has 0 aliphatic heterocycles. The largest absolute Gasteiger partial charge is 0.382 e. The van der Waals surface area contributed by atoms with Gasteiger partial charge in [0, 0.05) is 19.8 Å². The highest BCUT2D eigenvalue weighted by Gasteiger charge is 2.19. The monoisotopic (exact) mass is 201 g/mol. The van der Waals surface area contributed by atoms with Crippen molar-refractivity contribution in [1.82, 2.24) is 4.90 Å². The normalized spacial score (nSPS) is 12.4. The van der Waals surface area contributed by atoms with Crippen LogP contribution in [0.5, 0.6) is 0 Å². The molecule has 0 aliphatic carbocycles. The zero-order chi connectivity index (χ0) is 11.0. The summed E-state index contributed by atoms with van der Waals surface area (Å²) < 4.78 is 5.40. The second-order valence-electron chi connectivity index (χ2n) is 4.57. The predicted octanol–water partition coefficient (Wildman–Crippen LogP) is 2.78. The Hall–Kier alpha value is -0.0800. The van der Waals surface area contributed by atoms with Crippen molar-refractivity contribution in [3.05, 3.63) is 0 Å². The Balaban J connectivity index is 3.79. The Morgan fingerprint density at radius 1 is 1.07 bits per heavy atom. The van der Waals surface area contributed by atoms with Crippen molar-refractivity contribution in [2.45, 2.75) is 41.0 Å². The van der Waals surface area contributed by atoms with Crippen LogP contribution in [0.4, 0.5) is 0 Å². The molecule has 0 aromatic carbocycles. The molecule has 0 N–H and O–H groups in total. The molecule has 0 aromatic heterocycles. The topological polar surface area (TPSA) is 12.5 Å². The molecule has 0 radical (unpaired) electrons. The SMILES string of the molecule is CCOCCC(C)(C)CN(CC)CC. The molecule has 0 saturated heterocycles. The van der Waals surface area contributed by atoms with Crippen LogP contribution < -0.4 is 0 Å². The molecule has 86 valence electrons. The summed E-state index contributed by atoms with van der Waals surface area (Å²) in [7, 11) is 0.